The molecule has 142 valence electrons. The highest BCUT2D eigenvalue weighted by Gasteiger charge is 2.23. The van der Waals surface area contributed by atoms with Gasteiger partial charge in [0.2, 0.25) is 5.91 Å². The topological polar surface area (TPSA) is 58.7 Å². The molecule has 3 aromatic rings. The molecule has 0 N–H and O–H groups in total. The third-order valence-electron chi connectivity index (χ3n) is 5.51. The second kappa shape index (κ2) is 7.15. The number of amides is 1. The van der Waals surface area contributed by atoms with Crippen LogP contribution >= 0.6 is 0 Å². The maximum Gasteiger partial charge on any atom is 0.227 e. The first-order valence-electron chi connectivity index (χ1n) is 9.43. The second-order valence-corrected chi connectivity index (χ2v) is 7.31. The number of hydrogen-bond donors (Lipinski definition) is 0. The number of rotatable bonds is 4. The Balaban J connectivity index is 1.33. The standard InChI is InChI=1S/C20H26N6O/c1-15-18(16(2)23(3)22-15)12-20(27)25-10-8-24(9-11-25)13-17-14-26-7-5-4-6-19(26)21-17/h4-7,14H,8-13H2,1-3H3. The average Bonchev–Trinajstić information content (AvgIpc) is 3.17. The van der Waals surface area contributed by atoms with E-state index in [1.54, 1.807) is 0 Å². The van der Waals surface area contributed by atoms with Crippen molar-refractivity contribution in [3.05, 3.63) is 53.2 Å². The van der Waals surface area contributed by atoms with Gasteiger partial charge in [-0.25, -0.2) is 4.98 Å². The van der Waals surface area contributed by atoms with Crippen molar-refractivity contribution < 1.29 is 4.79 Å². The fraction of sp³-hybridized carbons (Fsp3) is 0.450. The maximum absolute atomic E-state index is 12.7. The van der Waals surface area contributed by atoms with E-state index in [9.17, 15) is 4.79 Å². The molecule has 1 aliphatic rings. The third-order valence-corrected chi connectivity index (χ3v) is 5.51. The monoisotopic (exact) mass is 366 g/mol. The molecule has 27 heavy (non-hydrogen) atoms. The van der Waals surface area contributed by atoms with E-state index < -0.39 is 0 Å². The number of imidazole rings is 1. The average molecular weight is 366 g/mol. The highest BCUT2D eigenvalue weighted by atomic mass is 16.2. The lowest BCUT2D eigenvalue weighted by molar-refractivity contribution is -0.132. The van der Waals surface area contributed by atoms with Gasteiger partial charge in [-0.2, -0.15) is 5.10 Å². The highest BCUT2D eigenvalue weighted by Crippen LogP contribution is 2.15. The summed E-state index contributed by atoms with van der Waals surface area (Å²) < 4.78 is 3.90. The Morgan fingerprint density at radius 3 is 2.59 bits per heavy atom. The van der Waals surface area contributed by atoms with Crippen molar-refractivity contribution in [2.45, 2.75) is 26.8 Å². The maximum atomic E-state index is 12.7. The SMILES string of the molecule is Cc1nn(C)c(C)c1CC(=O)N1CCN(Cc2cn3ccccc3n2)CC1. The fourth-order valence-electron chi connectivity index (χ4n) is 3.78. The van der Waals surface area contributed by atoms with E-state index in [4.69, 9.17) is 0 Å². The van der Waals surface area contributed by atoms with Gasteiger partial charge in [-0.3, -0.25) is 14.4 Å². The van der Waals surface area contributed by atoms with E-state index in [0.29, 0.717) is 6.42 Å². The zero-order valence-corrected chi connectivity index (χ0v) is 16.2. The van der Waals surface area contributed by atoms with Crippen LogP contribution in [-0.4, -0.2) is 61.1 Å². The van der Waals surface area contributed by atoms with Crippen molar-refractivity contribution in [2.24, 2.45) is 7.05 Å². The van der Waals surface area contributed by atoms with Crippen LogP contribution in [0.4, 0.5) is 0 Å². The summed E-state index contributed by atoms with van der Waals surface area (Å²) >= 11 is 0. The summed E-state index contributed by atoms with van der Waals surface area (Å²) in [5.41, 5.74) is 5.14. The first-order valence-corrected chi connectivity index (χ1v) is 9.43. The predicted octanol–water partition coefficient (Wildman–Crippen LogP) is 1.57. The van der Waals surface area contributed by atoms with Gasteiger partial charge >= 0.3 is 0 Å². The second-order valence-electron chi connectivity index (χ2n) is 7.31. The van der Waals surface area contributed by atoms with Crippen molar-refractivity contribution in [2.75, 3.05) is 26.2 Å². The Hall–Kier alpha value is -2.67. The lowest BCUT2D eigenvalue weighted by atomic mass is 10.1. The molecule has 1 saturated heterocycles. The van der Waals surface area contributed by atoms with E-state index in [0.717, 1.165) is 61.0 Å². The molecule has 0 atom stereocenters. The zero-order valence-electron chi connectivity index (χ0n) is 16.2. The molecule has 7 nitrogen and oxygen atoms in total. The van der Waals surface area contributed by atoms with Crippen LogP contribution in [0.3, 0.4) is 0 Å². The van der Waals surface area contributed by atoms with E-state index in [1.165, 1.54) is 0 Å². The van der Waals surface area contributed by atoms with Crippen LogP contribution in [0.2, 0.25) is 0 Å². The normalized spacial score (nSPS) is 15.6. The molecule has 1 fully saturated rings. The molecule has 0 aromatic carbocycles. The smallest absolute Gasteiger partial charge is 0.227 e. The molecule has 0 spiro atoms. The summed E-state index contributed by atoms with van der Waals surface area (Å²) in [7, 11) is 1.93. The van der Waals surface area contributed by atoms with Gasteiger partial charge in [0.1, 0.15) is 5.65 Å². The number of pyridine rings is 1. The van der Waals surface area contributed by atoms with Gasteiger partial charge in [0, 0.05) is 63.4 Å². The lowest BCUT2D eigenvalue weighted by Crippen LogP contribution is -2.48. The van der Waals surface area contributed by atoms with E-state index in [2.05, 4.69) is 21.2 Å². The van der Waals surface area contributed by atoms with Crippen molar-refractivity contribution in [3.63, 3.8) is 0 Å². The van der Waals surface area contributed by atoms with Crippen LogP contribution in [0, 0.1) is 13.8 Å². The van der Waals surface area contributed by atoms with Gasteiger partial charge in [-0.05, 0) is 26.0 Å². The summed E-state index contributed by atoms with van der Waals surface area (Å²) in [5, 5.41) is 4.41. The number of hydrogen-bond acceptors (Lipinski definition) is 4. The molecule has 7 heteroatoms. The minimum Gasteiger partial charge on any atom is -0.340 e. The third kappa shape index (κ3) is 3.60. The Labute approximate surface area is 159 Å². The first-order chi connectivity index (χ1) is 13.0. The molecule has 3 aromatic heterocycles. The summed E-state index contributed by atoms with van der Waals surface area (Å²) in [5.74, 6) is 0.196. The van der Waals surface area contributed by atoms with Gasteiger partial charge in [0.25, 0.3) is 0 Å². The molecular formula is C20H26N6O. The zero-order chi connectivity index (χ0) is 19.0. The van der Waals surface area contributed by atoms with Gasteiger partial charge in [-0.1, -0.05) is 6.07 Å². The minimum absolute atomic E-state index is 0.196. The first kappa shape index (κ1) is 17.7. The van der Waals surface area contributed by atoms with Gasteiger partial charge in [-0.15, -0.1) is 0 Å². The van der Waals surface area contributed by atoms with Crippen LogP contribution in [0.1, 0.15) is 22.6 Å². The van der Waals surface area contributed by atoms with Gasteiger partial charge in [0.05, 0.1) is 17.8 Å². The summed E-state index contributed by atoms with van der Waals surface area (Å²) in [6.07, 6.45) is 4.55. The number of carbonyl (C=O) groups is 1. The van der Waals surface area contributed by atoms with Crippen LogP contribution in [0.25, 0.3) is 5.65 Å². The number of nitrogens with zero attached hydrogens (tertiary/aromatic N) is 6. The van der Waals surface area contributed by atoms with Crippen LogP contribution in [0.5, 0.6) is 0 Å². The molecule has 0 aliphatic carbocycles. The largest absolute Gasteiger partial charge is 0.340 e. The lowest BCUT2D eigenvalue weighted by Gasteiger charge is -2.34. The molecule has 1 amide bonds. The van der Waals surface area contributed by atoms with Crippen molar-refractivity contribution >= 4 is 11.6 Å². The Morgan fingerprint density at radius 1 is 1.15 bits per heavy atom. The Morgan fingerprint density at radius 2 is 1.93 bits per heavy atom. The highest BCUT2D eigenvalue weighted by molar-refractivity contribution is 5.79. The number of fused-ring (bicyclic) bond motifs is 1. The number of aryl methyl sites for hydroxylation is 2. The summed E-state index contributed by atoms with van der Waals surface area (Å²) in [4.78, 5) is 21.7. The van der Waals surface area contributed by atoms with Crippen molar-refractivity contribution in [1.82, 2.24) is 29.0 Å². The molecule has 0 bridgehead atoms. The van der Waals surface area contributed by atoms with Gasteiger partial charge in [0.15, 0.2) is 0 Å². The molecule has 0 saturated carbocycles. The van der Waals surface area contributed by atoms with Crippen LogP contribution < -0.4 is 0 Å². The summed E-state index contributed by atoms with van der Waals surface area (Å²) in [6, 6.07) is 6.03. The number of piperazine rings is 1. The number of aromatic nitrogens is 4. The Bertz CT molecular complexity index is 931. The predicted molar refractivity (Wildman–Crippen MR) is 103 cm³/mol. The molecule has 4 heterocycles. The molecule has 0 unspecified atom stereocenters. The summed E-state index contributed by atoms with van der Waals surface area (Å²) in [6.45, 7) is 8.12. The van der Waals surface area contributed by atoms with Crippen LogP contribution in [-0.2, 0) is 24.8 Å². The molecule has 4 rings (SSSR count). The van der Waals surface area contributed by atoms with E-state index in [1.807, 2.05) is 59.3 Å². The quantitative estimate of drug-likeness (QED) is 0.703. The van der Waals surface area contributed by atoms with Gasteiger partial charge < -0.3 is 9.30 Å². The molecular weight excluding hydrogens is 340 g/mol. The minimum atomic E-state index is 0.196. The van der Waals surface area contributed by atoms with Crippen LogP contribution in [0.15, 0.2) is 30.6 Å². The van der Waals surface area contributed by atoms with Crippen molar-refractivity contribution in [1.29, 1.82) is 0 Å². The fourth-order valence-corrected chi connectivity index (χ4v) is 3.78. The van der Waals surface area contributed by atoms with Crippen molar-refractivity contribution in [3.8, 4) is 0 Å². The van der Waals surface area contributed by atoms with E-state index in [-0.39, 0.29) is 5.91 Å². The molecule has 1 aliphatic heterocycles. The van der Waals surface area contributed by atoms with E-state index >= 15 is 0 Å². The molecule has 0 radical (unpaired) electrons. The number of carbonyl (C=O) groups excluding carboxylic acids is 1. The Kier molecular flexibility index (Phi) is 4.70.